The van der Waals surface area contributed by atoms with E-state index in [2.05, 4.69) is 5.10 Å². The van der Waals surface area contributed by atoms with Gasteiger partial charge in [-0.15, -0.1) is 0 Å². The Hall–Kier alpha value is -1.36. The van der Waals surface area contributed by atoms with Crippen molar-refractivity contribution in [3.63, 3.8) is 0 Å². The van der Waals surface area contributed by atoms with Crippen LogP contribution in [0.1, 0.15) is 26.2 Å². The molecule has 100 valence electrons. The first kappa shape index (κ1) is 13.1. The smallest absolute Gasteiger partial charge is 0.224 e. The molecule has 1 aromatic rings. The van der Waals surface area contributed by atoms with Crippen molar-refractivity contribution in [1.82, 2.24) is 14.7 Å². The van der Waals surface area contributed by atoms with Gasteiger partial charge in [0.25, 0.3) is 0 Å². The van der Waals surface area contributed by atoms with Crippen molar-refractivity contribution in [3.8, 4) is 0 Å². The Morgan fingerprint density at radius 3 is 2.78 bits per heavy atom. The van der Waals surface area contributed by atoms with Crippen LogP contribution in [0.15, 0.2) is 18.5 Å². The molecule has 0 saturated carbocycles. The molecule has 1 amide bonds. The third-order valence-corrected chi connectivity index (χ3v) is 3.69. The van der Waals surface area contributed by atoms with Crippen LogP contribution in [0.25, 0.3) is 0 Å². The molecule has 0 aromatic carbocycles. The van der Waals surface area contributed by atoms with Crippen LogP contribution < -0.4 is 0 Å². The van der Waals surface area contributed by atoms with Crippen LogP contribution in [0.5, 0.6) is 0 Å². The summed E-state index contributed by atoms with van der Waals surface area (Å²) in [5.41, 5.74) is 0. The number of aryl methyl sites for hydroxylation is 1. The van der Waals surface area contributed by atoms with Gasteiger partial charge in [0.1, 0.15) is 0 Å². The molecule has 1 aliphatic rings. The molecule has 0 spiro atoms. The van der Waals surface area contributed by atoms with Crippen molar-refractivity contribution in [1.29, 1.82) is 0 Å². The molecule has 18 heavy (non-hydrogen) atoms. The van der Waals surface area contributed by atoms with Gasteiger partial charge in [0.15, 0.2) is 0 Å². The summed E-state index contributed by atoms with van der Waals surface area (Å²) in [6.45, 7) is 4.02. The third kappa shape index (κ3) is 3.32. The number of aliphatic hydroxyl groups is 1. The highest BCUT2D eigenvalue weighted by Gasteiger charge is 2.24. The lowest BCUT2D eigenvalue weighted by Crippen LogP contribution is -2.41. The molecule has 5 heteroatoms. The first-order valence-corrected chi connectivity index (χ1v) is 6.60. The van der Waals surface area contributed by atoms with E-state index in [-0.39, 0.29) is 12.0 Å². The fraction of sp³-hybridized carbons (Fsp3) is 0.692. The monoisotopic (exact) mass is 251 g/mol. The maximum Gasteiger partial charge on any atom is 0.224 e. The van der Waals surface area contributed by atoms with Gasteiger partial charge in [0, 0.05) is 38.4 Å². The van der Waals surface area contributed by atoms with Crippen molar-refractivity contribution in [3.05, 3.63) is 18.5 Å². The molecule has 0 aliphatic carbocycles. The standard InChI is InChI=1S/C13H21N3O2/c1-11(17)12-3-8-15(9-4-12)13(18)5-10-16-7-2-6-14-16/h2,6-7,11-12,17H,3-5,8-10H2,1H3. The number of nitrogens with zero attached hydrogens (tertiary/aromatic N) is 3. The zero-order valence-electron chi connectivity index (χ0n) is 10.8. The lowest BCUT2D eigenvalue weighted by molar-refractivity contribution is -0.133. The van der Waals surface area contributed by atoms with Gasteiger partial charge in [-0.3, -0.25) is 9.48 Å². The molecule has 1 aliphatic heterocycles. The second kappa shape index (κ2) is 6.00. The summed E-state index contributed by atoms with van der Waals surface area (Å²) < 4.78 is 1.78. The van der Waals surface area contributed by atoms with Gasteiger partial charge >= 0.3 is 0 Å². The number of aromatic nitrogens is 2. The van der Waals surface area contributed by atoms with E-state index in [1.54, 1.807) is 10.9 Å². The van der Waals surface area contributed by atoms with Gasteiger partial charge in [0.05, 0.1) is 6.10 Å². The van der Waals surface area contributed by atoms with Gasteiger partial charge in [-0.2, -0.15) is 5.10 Å². The fourth-order valence-electron chi connectivity index (χ4n) is 2.43. The summed E-state index contributed by atoms with van der Waals surface area (Å²) >= 11 is 0. The van der Waals surface area contributed by atoms with Crippen LogP contribution in [-0.4, -0.2) is 44.9 Å². The highest BCUT2D eigenvalue weighted by atomic mass is 16.3. The topological polar surface area (TPSA) is 58.4 Å². The predicted octanol–water partition coefficient (Wildman–Crippen LogP) is 0.893. The summed E-state index contributed by atoms with van der Waals surface area (Å²) in [4.78, 5) is 13.9. The van der Waals surface area contributed by atoms with Crippen LogP contribution >= 0.6 is 0 Å². The molecule has 5 nitrogen and oxygen atoms in total. The van der Waals surface area contributed by atoms with Gasteiger partial charge in [-0.25, -0.2) is 0 Å². The minimum atomic E-state index is -0.258. The molecule has 1 N–H and O–H groups in total. The molecule has 2 rings (SSSR count). The normalized spacial score (nSPS) is 18.9. The average Bonchev–Trinajstić information content (AvgIpc) is 2.89. The van der Waals surface area contributed by atoms with Gasteiger partial charge in [-0.1, -0.05) is 0 Å². The van der Waals surface area contributed by atoms with E-state index in [4.69, 9.17) is 0 Å². The van der Waals surface area contributed by atoms with Crippen molar-refractivity contribution in [2.45, 2.75) is 38.8 Å². The minimum Gasteiger partial charge on any atom is -0.393 e. The zero-order chi connectivity index (χ0) is 13.0. The highest BCUT2D eigenvalue weighted by molar-refractivity contribution is 5.76. The van der Waals surface area contributed by atoms with Crippen LogP contribution in [0.2, 0.25) is 0 Å². The molecule has 1 fully saturated rings. The Labute approximate surface area is 107 Å². The summed E-state index contributed by atoms with van der Waals surface area (Å²) in [5, 5.41) is 13.6. The largest absolute Gasteiger partial charge is 0.393 e. The van der Waals surface area contributed by atoms with Gasteiger partial charge in [0.2, 0.25) is 5.91 Å². The zero-order valence-corrected chi connectivity index (χ0v) is 10.8. The molecular formula is C13H21N3O2. The number of carbonyl (C=O) groups is 1. The third-order valence-electron chi connectivity index (χ3n) is 3.69. The number of rotatable bonds is 4. The van der Waals surface area contributed by atoms with Crippen LogP contribution in [0.3, 0.4) is 0 Å². The summed E-state index contributed by atoms with van der Waals surface area (Å²) in [6, 6.07) is 1.86. The number of piperidine rings is 1. The quantitative estimate of drug-likeness (QED) is 0.864. The van der Waals surface area contributed by atoms with Crippen LogP contribution in [0.4, 0.5) is 0 Å². The maximum absolute atomic E-state index is 12.0. The first-order chi connectivity index (χ1) is 8.66. The van der Waals surface area contributed by atoms with E-state index >= 15 is 0 Å². The second-order valence-corrected chi connectivity index (χ2v) is 4.98. The molecule has 1 unspecified atom stereocenters. The number of likely N-dealkylation sites (tertiary alicyclic amines) is 1. The Balaban J connectivity index is 1.74. The Bertz CT molecular complexity index is 368. The van der Waals surface area contributed by atoms with Crippen molar-refractivity contribution >= 4 is 5.91 Å². The van der Waals surface area contributed by atoms with E-state index in [9.17, 15) is 9.90 Å². The number of hydrogen-bond acceptors (Lipinski definition) is 3. The molecule has 1 aromatic heterocycles. The van der Waals surface area contributed by atoms with Gasteiger partial charge in [-0.05, 0) is 31.7 Å². The molecule has 0 radical (unpaired) electrons. The SMILES string of the molecule is CC(O)C1CCN(C(=O)CCn2cccn2)CC1. The van der Waals surface area contributed by atoms with Crippen molar-refractivity contribution < 1.29 is 9.90 Å². The fourth-order valence-corrected chi connectivity index (χ4v) is 2.43. The lowest BCUT2D eigenvalue weighted by atomic mass is 9.92. The number of carbonyl (C=O) groups excluding carboxylic acids is 1. The molecule has 0 bridgehead atoms. The summed E-state index contributed by atoms with van der Waals surface area (Å²) in [6.07, 6.45) is 5.65. The van der Waals surface area contributed by atoms with E-state index in [1.807, 2.05) is 24.1 Å². The van der Waals surface area contributed by atoms with E-state index < -0.39 is 0 Å². The Morgan fingerprint density at radius 2 is 2.22 bits per heavy atom. The molecule has 1 saturated heterocycles. The lowest BCUT2D eigenvalue weighted by Gasteiger charge is -2.33. The molecule has 2 heterocycles. The molecule has 1 atom stereocenters. The van der Waals surface area contributed by atoms with E-state index in [0.29, 0.717) is 18.9 Å². The van der Waals surface area contributed by atoms with Crippen LogP contribution in [0, 0.1) is 5.92 Å². The first-order valence-electron chi connectivity index (χ1n) is 6.60. The van der Waals surface area contributed by atoms with Gasteiger partial charge < -0.3 is 10.0 Å². The second-order valence-electron chi connectivity index (χ2n) is 4.98. The average molecular weight is 251 g/mol. The Kier molecular flexibility index (Phi) is 4.36. The minimum absolute atomic E-state index is 0.189. The van der Waals surface area contributed by atoms with Crippen molar-refractivity contribution in [2.24, 2.45) is 5.92 Å². The van der Waals surface area contributed by atoms with E-state index in [1.165, 1.54) is 0 Å². The Morgan fingerprint density at radius 1 is 1.50 bits per heavy atom. The van der Waals surface area contributed by atoms with Crippen molar-refractivity contribution in [2.75, 3.05) is 13.1 Å². The highest BCUT2D eigenvalue weighted by Crippen LogP contribution is 2.20. The summed E-state index contributed by atoms with van der Waals surface area (Å²) in [7, 11) is 0. The maximum atomic E-state index is 12.0. The number of aliphatic hydroxyl groups excluding tert-OH is 1. The predicted molar refractivity (Wildman–Crippen MR) is 67.8 cm³/mol. The van der Waals surface area contributed by atoms with E-state index in [0.717, 1.165) is 25.9 Å². The van der Waals surface area contributed by atoms with Crippen LogP contribution in [-0.2, 0) is 11.3 Å². The number of hydrogen-bond donors (Lipinski definition) is 1. The molecular weight excluding hydrogens is 230 g/mol. The summed E-state index contributed by atoms with van der Waals surface area (Å²) in [5.74, 6) is 0.537. The number of amides is 1.